The van der Waals surface area contributed by atoms with Crippen LogP contribution >= 0.6 is 22.6 Å². The van der Waals surface area contributed by atoms with Gasteiger partial charge < -0.3 is 14.6 Å². The van der Waals surface area contributed by atoms with E-state index in [0.29, 0.717) is 11.5 Å². The molecule has 0 saturated heterocycles. The van der Waals surface area contributed by atoms with Crippen molar-refractivity contribution < 1.29 is 19.0 Å². The Morgan fingerprint density at radius 3 is 2.65 bits per heavy atom. The molecule has 0 aliphatic heterocycles. The number of hydrogen-bond acceptors (Lipinski definition) is 3. The van der Waals surface area contributed by atoms with Crippen molar-refractivity contribution in [3.05, 3.63) is 56.9 Å². The molecule has 3 nitrogen and oxygen atoms in total. The van der Waals surface area contributed by atoms with Crippen LogP contribution in [0.2, 0.25) is 0 Å². The van der Waals surface area contributed by atoms with Crippen molar-refractivity contribution in [3.63, 3.8) is 0 Å². The fraction of sp³-hybridized carbons (Fsp3) is 0.200. The number of benzene rings is 2. The zero-order valence-corrected chi connectivity index (χ0v) is 13.1. The molecule has 0 aliphatic carbocycles. The number of rotatable bonds is 5. The summed E-state index contributed by atoms with van der Waals surface area (Å²) in [5.41, 5.74) is 1.50. The van der Waals surface area contributed by atoms with Gasteiger partial charge in [-0.3, -0.25) is 0 Å². The maximum Gasteiger partial charge on any atom is 0.174 e. The van der Waals surface area contributed by atoms with E-state index in [1.807, 2.05) is 6.07 Å². The van der Waals surface area contributed by atoms with Crippen LogP contribution in [0.15, 0.2) is 36.4 Å². The van der Waals surface area contributed by atoms with E-state index in [9.17, 15) is 4.39 Å². The zero-order chi connectivity index (χ0) is 14.5. The Bertz CT molecular complexity index is 602. The van der Waals surface area contributed by atoms with Crippen molar-refractivity contribution in [1.82, 2.24) is 0 Å². The van der Waals surface area contributed by atoms with Gasteiger partial charge in [-0.2, -0.15) is 0 Å². The quantitative estimate of drug-likeness (QED) is 0.797. The van der Waals surface area contributed by atoms with Crippen LogP contribution in [0.3, 0.4) is 0 Å². The fourth-order valence-corrected chi connectivity index (χ4v) is 2.61. The summed E-state index contributed by atoms with van der Waals surface area (Å²) in [6, 6.07) is 9.81. The van der Waals surface area contributed by atoms with Gasteiger partial charge in [0.2, 0.25) is 0 Å². The van der Waals surface area contributed by atoms with Gasteiger partial charge in [0.25, 0.3) is 0 Å². The standard InChI is InChI=1S/C15H14FIO3/c1-19-14-7-11(8-18)6-13(17)15(14)20-9-10-3-2-4-12(16)5-10/h2-7,18H,8-9H2,1H3. The van der Waals surface area contributed by atoms with E-state index in [1.165, 1.54) is 12.1 Å². The van der Waals surface area contributed by atoms with Crippen molar-refractivity contribution in [3.8, 4) is 11.5 Å². The van der Waals surface area contributed by atoms with Crippen molar-refractivity contribution in [2.75, 3.05) is 7.11 Å². The molecular weight excluding hydrogens is 374 g/mol. The monoisotopic (exact) mass is 388 g/mol. The van der Waals surface area contributed by atoms with Crippen LogP contribution in [-0.2, 0) is 13.2 Å². The molecule has 2 aromatic rings. The molecule has 0 spiro atoms. The molecule has 1 N–H and O–H groups in total. The lowest BCUT2D eigenvalue weighted by Crippen LogP contribution is -2.01. The highest BCUT2D eigenvalue weighted by molar-refractivity contribution is 14.1. The minimum atomic E-state index is -0.289. The largest absolute Gasteiger partial charge is 0.493 e. The predicted octanol–water partition coefficient (Wildman–Crippen LogP) is 3.51. The normalized spacial score (nSPS) is 10.4. The Kier molecular flexibility index (Phi) is 5.19. The lowest BCUT2D eigenvalue weighted by Gasteiger charge is -2.14. The van der Waals surface area contributed by atoms with Crippen molar-refractivity contribution in [2.24, 2.45) is 0 Å². The summed E-state index contributed by atoms with van der Waals surface area (Å²) < 4.78 is 24.9. The molecule has 2 aromatic carbocycles. The van der Waals surface area contributed by atoms with Crippen LogP contribution in [0, 0.1) is 9.39 Å². The number of ether oxygens (including phenoxy) is 2. The number of hydrogen-bond donors (Lipinski definition) is 1. The Hall–Kier alpha value is -1.34. The molecule has 0 radical (unpaired) electrons. The van der Waals surface area contributed by atoms with Crippen molar-refractivity contribution in [2.45, 2.75) is 13.2 Å². The third kappa shape index (κ3) is 3.61. The van der Waals surface area contributed by atoms with Gasteiger partial charge in [-0.15, -0.1) is 0 Å². The number of aliphatic hydroxyl groups excluding tert-OH is 1. The smallest absolute Gasteiger partial charge is 0.174 e. The highest BCUT2D eigenvalue weighted by Crippen LogP contribution is 2.34. The Labute approximate surface area is 130 Å². The third-order valence-electron chi connectivity index (χ3n) is 2.74. The second-order valence-electron chi connectivity index (χ2n) is 4.19. The first-order valence-corrected chi connectivity index (χ1v) is 7.06. The first-order chi connectivity index (χ1) is 9.63. The second-order valence-corrected chi connectivity index (χ2v) is 5.35. The summed E-state index contributed by atoms with van der Waals surface area (Å²) in [6.45, 7) is 0.194. The highest BCUT2D eigenvalue weighted by atomic mass is 127. The molecule has 2 rings (SSSR count). The molecule has 0 bridgehead atoms. The zero-order valence-electron chi connectivity index (χ0n) is 10.9. The molecule has 0 atom stereocenters. The summed E-state index contributed by atoms with van der Waals surface area (Å²) in [6.07, 6.45) is 0. The maximum atomic E-state index is 13.1. The summed E-state index contributed by atoms with van der Waals surface area (Å²) in [5.74, 6) is 0.857. The summed E-state index contributed by atoms with van der Waals surface area (Å²) in [4.78, 5) is 0. The van der Waals surface area contributed by atoms with Gasteiger partial charge in [-0.05, 0) is 58.0 Å². The molecule has 0 amide bonds. The molecule has 0 heterocycles. The van der Waals surface area contributed by atoms with Crippen LogP contribution in [0.5, 0.6) is 11.5 Å². The van der Waals surface area contributed by atoms with E-state index in [1.54, 1.807) is 25.3 Å². The predicted molar refractivity (Wildman–Crippen MR) is 82.4 cm³/mol. The van der Waals surface area contributed by atoms with Gasteiger partial charge in [0.05, 0.1) is 17.3 Å². The molecular formula is C15H14FIO3. The summed E-state index contributed by atoms with van der Waals surface area (Å²) in [5, 5.41) is 9.17. The molecule has 0 unspecified atom stereocenters. The van der Waals surface area contributed by atoms with E-state index in [0.717, 1.165) is 14.7 Å². The van der Waals surface area contributed by atoms with Gasteiger partial charge in [-0.25, -0.2) is 4.39 Å². The average molecular weight is 388 g/mol. The van der Waals surface area contributed by atoms with Crippen LogP contribution < -0.4 is 9.47 Å². The van der Waals surface area contributed by atoms with Gasteiger partial charge >= 0.3 is 0 Å². The van der Waals surface area contributed by atoms with E-state index < -0.39 is 0 Å². The first kappa shape index (κ1) is 15.1. The SMILES string of the molecule is COc1cc(CO)cc(I)c1OCc1cccc(F)c1. The second kappa shape index (κ2) is 6.90. The van der Waals surface area contributed by atoms with Crippen molar-refractivity contribution >= 4 is 22.6 Å². The van der Waals surface area contributed by atoms with E-state index in [-0.39, 0.29) is 19.0 Å². The minimum absolute atomic E-state index is 0.0590. The van der Waals surface area contributed by atoms with E-state index in [2.05, 4.69) is 22.6 Å². The molecule has 0 fully saturated rings. The van der Waals surface area contributed by atoms with Gasteiger partial charge in [0, 0.05) is 0 Å². The molecule has 20 heavy (non-hydrogen) atoms. The van der Waals surface area contributed by atoms with Crippen molar-refractivity contribution in [1.29, 1.82) is 0 Å². The Balaban J connectivity index is 2.20. The van der Waals surface area contributed by atoms with Gasteiger partial charge in [-0.1, -0.05) is 12.1 Å². The molecule has 0 saturated carbocycles. The molecule has 0 aromatic heterocycles. The minimum Gasteiger partial charge on any atom is -0.493 e. The molecule has 106 valence electrons. The lowest BCUT2D eigenvalue weighted by molar-refractivity contribution is 0.272. The van der Waals surface area contributed by atoms with Crippen LogP contribution in [-0.4, -0.2) is 12.2 Å². The van der Waals surface area contributed by atoms with Crippen LogP contribution in [0.1, 0.15) is 11.1 Å². The topological polar surface area (TPSA) is 38.7 Å². The van der Waals surface area contributed by atoms with Crippen LogP contribution in [0.25, 0.3) is 0 Å². The fourth-order valence-electron chi connectivity index (χ4n) is 1.79. The third-order valence-corrected chi connectivity index (χ3v) is 3.55. The molecule has 5 heteroatoms. The summed E-state index contributed by atoms with van der Waals surface area (Å²) >= 11 is 2.12. The van der Waals surface area contributed by atoms with E-state index in [4.69, 9.17) is 14.6 Å². The maximum absolute atomic E-state index is 13.1. The van der Waals surface area contributed by atoms with E-state index >= 15 is 0 Å². The lowest BCUT2D eigenvalue weighted by atomic mass is 10.2. The number of aliphatic hydroxyl groups is 1. The van der Waals surface area contributed by atoms with Gasteiger partial charge in [0.15, 0.2) is 11.5 Å². The Morgan fingerprint density at radius 2 is 2.00 bits per heavy atom. The Morgan fingerprint density at radius 1 is 1.20 bits per heavy atom. The van der Waals surface area contributed by atoms with Crippen LogP contribution in [0.4, 0.5) is 4.39 Å². The molecule has 0 aliphatic rings. The average Bonchev–Trinajstić information content (AvgIpc) is 2.45. The number of methoxy groups -OCH3 is 1. The highest BCUT2D eigenvalue weighted by Gasteiger charge is 2.11. The summed E-state index contributed by atoms with van der Waals surface area (Å²) in [7, 11) is 1.54. The first-order valence-electron chi connectivity index (χ1n) is 5.98. The number of halogens is 2. The van der Waals surface area contributed by atoms with Gasteiger partial charge in [0.1, 0.15) is 12.4 Å².